The lowest BCUT2D eigenvalue weighted by molar-refractivity contribution is 0.0645. The van der Waals surface area contributed by atoms with Crippen LogP contribution in [0.3, 0.4) is 0 Å². The molecule has 1 aliphatic rings. The Kier molecular flexibility index (Phi) is 5.23. The number of carbonyl (C=O) groups is 1. The van der Waals surface area contributed by atoms with Crippen LogP contribution < -0.4 is 0 Å². The van der Waals surface area contributed by atoms with Gasteiger partial charge in [-0.1, -0.05) is 53.2 Å². The van der Waals surface area contributed by atoms with E-state index in [9.17, 15) is 4.79 Å². The van der Waals surface area contributed by atoms with Gasteiger partial charge >= 0.3 is 0 Å². The topological polar surface area (TPSA) is 36.4 Å². The van der Waals surface area contributed by atoms with Gasteiger partial charge in [-0.25, -0.2) is 4.98 Å². The SMILES string of the molecule is CCN1CCN(C(=O)c2cc(-c3ccc(Br)cc3)nc3ccccc23)CC1. The fourth-order valence-electron chi connectivity index (χ4n) is 3.56. The van der Waals surface area contributed by atoms with E-state index in [1.165, 1.54) is 0 Å². The lowest BCUT2D eigenvalue weighted by Crippen LogP contribution is -2.48. The minimum absolute atomic E-state index is 0.0997. The van der Waals surface area contributed by atoms with Crippen LogP contribution in [0.1, 0.15) is 17.3 Å². The fourth-order valence-corrected chi connectivity index (χ4v) is 3.82. The van der Waals surface area contributed by atoms with Crippen molar-refractivity contribution in [3.05, 3.63) is 64.6 Å². The first-order valence-corrected chi connectivity index (χ1v) is 10.1. The number of aromatic nitrogens is 1. The first-order chi connectivity index (χ1) is 13.2. The molecule has 2 heterocycles. The Bertz CT molecular complexity index is 963. The van der Waals surface area contributed by atoms with Gasteiger partial charge in [-0.2, -0.15) is 0 Å². The van der Waals surface area contributed by atoms with Crippen molar-refractivity contribution in [1.82, 2.24) is 14.8 Å². The highest BCUT2D eigenvalue weighted by Crippen LogP contribution is 2.27. The van der Waals surface area contributed by atoms with E-state index in [1.807, 2.05) is 59.5 Å². The van der Waals surface area contributed by atoms with Gasteiger partial charge in [0.2, 0.25) is 0 Å². The lowest BCUT2D eigenvalue weighted by Gasteiger charge is -2.34. The zero-order valence-electron chi connectivity index (χ0n) is 15.4. The Balaban J connectivity index is 1.74. The number of benzene rings is 2. The average Bonchev–Trinajstić information content (AvgIpc) is 2.73. The first-order valence-electron chi connectivity index (χ1n) is 9.33. The van der Waals surface area contributed by atoms with Crippen LogP contribution in [0.25, 0.3) is 22.2 Å². The Hall–Kier alpha value is -2.24. The number of hydrogen-bond acceptors (Lipinski definition) is 3. The number of nitrogens with zero attached hydrogens (tertiary/aromatic N) is 3. The third-order valence-electron chi connectivity index (χ3n) is 5.19. The van der Waals surface area contributed by atoms with Crippen LogP contribution in [0, 0.1) is 0 Å². The molecule has 138 valence electrons. The Morgan fingerprint density at radius 3 is 2.44 bits per heavy atom. The van der Waals surface area contributed by atoms with Gasteiger partial charge in [0.15, 0.2) is 0 Å². The van der Waals surface area contributed by atoms with Crippen molar-refractivity contribution in [3.63, 3.8) is 0 Å². The summed E-state index contributed by atoms with van der Waals surface area (Å²) in [6, 6.07) is 17.9. The van der Waals surface area contributed by atoms with E-state index in [4.69, 9.17) is 4.98 Å². The third-order valence-corrected chi connectivity index (χ3v) is 5.72. The number of halogens is 1. The maximum atomic E-state index is 13.3. The molecule has 1 fully saturated rings. The highest BCUT2D eigenvalue weighted by Gasteiger charge is 2.23. The third kappa shape index (κ3) is 3.75. The smallest absolute Gasteiger partial charge is 0.254 e. The molecular formula is C22H22BrN3O. The van der Waals surface area contributed by atoms with Gasteiger partial charge in [-0.05, 0) is 30.8 Å². The van der Waals surface area contributed by atoms with E-state index in [0.29, 0.717) is 0 Å². The summed E-state index contributed by atoms with van der Waals surface area (Å²) < 4.78 is 1.03. The van der Waals surface area contributed by atoms with Crippen molar-refractivity contribution in [1.29, 1.82) is 0 Å². The van der Waals surface area contributed by atoms with Gasteiger partial charge in [0, 0.05) is 41.6 Å². The fraction of sp³-hybridized carbons (Fsp3) is 0.273. The minimum Gasteiger partial charge on any atom is -0.336 e. The maximum Gasteiger partial charge on any atom is 0.254 e. The van der Waals surface area contributed by atoms with E-state index >= 15 is 0 Å². The summed E-state index contributed by atoms with van der Waals surface area (Å²) in [4.78, 5) is 22.5. The number of fused-ring (bicyclic) bond motifs is 1. The van der Waals surface area contributed by atoms with Gasteiger partial charge in [0.1, 0.15) is 0 Å². The van der Waals surface area contributed by atoms with E-state index in [2.05, 4.69) is 27.8 Å². The predicted octanol–water partition coefficient (Wildman–Crippen LogP) is 4.44. The number of carbonyl (C=O) groups excluding carboxylic acids is 1. The van der Waals surface area contributed by atoms with Gasteiger partial charge in [0.25, 0.3) is 5.91 Å². The first kappa shape index (κ1) is 18.1. The molecule has 4 rings (SSSR count). The van der Waals surface area contributed by atoms with Gasteiger partial charge in [-0.3, -0.25) is 4.79 Å². The predicted molar refractivity (Wildman–Crippen MR) is 113 cm³/mol. The number of amides is 1. The Morgan fingerprint density at radius 2 is 1.74 bits per heavy atom. The molecule has 0 unspecified atom stereocenters. The summed E-state index contributed by atoms with van der Waals surface area (Å²) in [7, 11) is 0. The molecule has 5 heteroatoms. The number of hydrogen-bond donors (Lipinski definition) is 0. The second-order valence-corrected chi connectivity index (χ2v) is 7.72. The molecule has 2 aromatic carbocycles. The second-order valence-electron chi connectivity index (χ2n) is 6.81. The second kappa shape index (κ2) is 7.79. The monoisotopic (exact) mass is 423 g/mol. The molecule has 0 bridgehead atoms. The summed E-state index contributed by atoms with van der Waals surface area (Å²) in [6.45, 7) is 6.62. The van der Waals surface area contributed by atoms with Crippen molar-refractivity contribution in [2.24, 2.45) is 0 Å². The summed E-state index contributed by atoms with van der Waals surface area (Å²) in [6.07, 6.45) is 0. The largest absolute Gasteiger partial charge is 0.336 e. The van der Waals surface area contributed by atoms with Gasteiger partial charge in [-0.15, -0.1) is 0 Å². The van der Waals surface area contributed by atoms with Crippen molar-refractivity contribution in [3.8, 4) is 11.3 Å². The van der Waals surface area contributed by atoms with E-state index in [-0.39, 0.29) is 5.91 Å². The van der Waals surface area contributed by atoms with Crippen LogP contribution in [-0.4, -0.2) is 53.4 Å². The molecule has 1 amide bonds. The molecule has 4 nitrogen and oxygen atoms in total. The highest BCUT2D eigenvalue weighted by atomic mass is 79.9. The molecule has 0 spiro atoms. The molecule has 1 aromatic heterocycles. The van der Waals surface area contributed by atoms with Crippen molar-refractivity contribution in [2.45, 2.75) is 6.92 Å². The quantitative estimate of drug-likeness (QED) is 0.624. The van der Waals surface area contributed by atoms with Gasteiger partial charge < -0.3 is 9.80 Å². The molecule has 0 atom stereocenters. The Labute approximate surface area is 167 Å². The number of pyridine rings is 1. The van der Waals surface area contributed by atoms with Crippen LogP contribution in [0.5, 0.6) is 0 Å². The number of piperazine rings is 1. The van der Waals surface area contributed by atoms with Crippen molar-refractivity contribution in [2.75, 3.05) is 32.7 Å². The molecule has 27 heavy (non-hydrogen) atoms. The van der Waals surface area contributed by atoms with Crippen LogP contribution >= 0.6 is 15.9 Å². The van der Waals surface area contributed by atoms with E-state index in [0.717, 1.165) is 64.9 Å². The molecule has 1 aliphatic heterocycles. The molecule has 0 aliphatic carbocycles. The average molecular weight is 424 g/mol. The normalized spacial score (nSPS) is 15.3. The molecule has 0 radical (unpaired) electrons. The molecule has 1 saturated heterocycles. The summed E-state index contributed by atoms with van der Waals surface area (Å²) >= 11 is 3.47. The number of para-hydroxylation sites is 1. The maximum absolute atomic E-state index is 13.3. The van der Waals surface area contributed by atoms with Crippen LogP contribution in [-0.2, 0) is 0 Å². The van der Waals surface area contributed by atoms with Crippen LogP contribution in [0.2, 0.25) is 0 Å². The van der Waals surface area contributed by atoms with Crippen LogP contribution in [0.4, 0.5) is 0 Å². The lowest BCUT2D eigenvalue weighted by atomic mass is 10.0. The summed E-state index contributed by atoms with van der Waals surface area (Å²) in [5.41, 5.74) is 3.43. The highest BCUT2D eigenvalue weighted by molar-refractivity contribution is 9.10. The zero-order chi connectivity index (χ0) is 18.8. The van der Waals surface area contributed by atoms with Crippen molar-refractivity contribution < 1.29 is 4.79 Å². The number of likely N-dealkylation sites (N-methyl/N-ethyl adjacent to an activating group) is 1. The molecule has 0 N–H and O–H groups in total. The molecule has 3 aromatic rings. The zero-order valence-corrected chi connectivity index (χ0v) is 16.9. The van der Waals surface area contributed by atoms with Crippen LogP contribution in [0.15, 0.2) is 59.1 Å². The minimum atomic E-state index is 0.0997. The molecular weight excluding hydrogens is 402 g/mol. The standard InChI is InChI=1S/C22H22BrN3O/c1-2-25-11-13-26(14-12-25)22(27)19-15-21(16-7-9-17(23)10-8-16)24-20-6-4-3-5-18(19)20/h3-10,15H,2,11-14H2,1H3. The van der Waals surface area contributed by atoms with E-state index < -0.39 is 0 Å². The summed E-state index contributed by atoms with van der Waals surface area (Å²) in [5, 5.41) is 0.918. The van der Waals surface area contributed by atoms with Crippen molar-refractivity contribution >= 4 is 32.7 Å². The van der Waals surface area contributed by atoms with Gasteiger partial charge in [0.05, 0.1) is 16.8 Å². The molecule has 0 saturated carbocycles. The number of rotatable bonds is 3. The van der Waals surface area contributed by atoms with E-state index in [1.54, 1.807) is 0 Å². The Morgan fingerprint density at radius 1 is 1.04 bits per heavy atom. The summed E-state index contributed by atoms with van der Waals surface area (Å²) in [5.74, 6) is 0.0997.